The van der Waals surface area contributed by atoms with Gasteiger partial charge in [-0.05, 0) is 24.6 Å². The lowest BCUT2D eigenvalue weighted by molar-refractivity contribution is 0.0597. The van der Waals surface area contributed by atoms with Crippen molar-refractivity contribution in [3.05, 3.63) is 50.5 Å². The van der Waals surface area contributed by atoms with E-state index in [9.17, 15) is 10.1 Å². The molecule has 0 saturated heterocycles. The number of nitrogens with zero attached hydrogens (tertiary/aromatic N) is 1. The third kappa shape index (κ3) is 2.96. The number of ether oxygens (including phenoxy) is 4. The van der Waals surface area contributed by atoms with Crippen molar-refractivity contribution in [2.75, 3.05) is 21.3 Å². The lowest BCUT2D eigenvalue weighted by Gasteiger charge is -2.24. The Morgan fingerprint density at radius 3 is 2.56 bits per heavy atom. The highest BCUT2D eigenvalue weighted by Gasteiger charge is 2.37. The third-order valence-corrected chi connectivity index (χ3v) is 5.50. The quantitative estimate of drug-likeness (QED) is 0.805. The summed E-state index contributed by atoms with van der Waals surface area (Å²) in [5, 5.41) is 9.67. The van der Waals surface area contributed by atoms with E-state index in [0.717, 1.165) is 10.4 Å². The number of benzene rings is 1. The molecule has 27 heavy (non-hydrogen) atoms. The van der Waals surface area contributed by atoms with Crippen LogP contribution in [0.5, 0.6) is 17.2 Å². The number of methoxy groups -OCH3 is 3. The summed E-state index contributed by atoms with van der Waals surface area (Å²) in [5.41, 5.74) is 7.38. The number of nitriles is 1. The van der Waals surface area contributed by atoms with E-state index in [-0.39, 0.29) is 11.5 Å². The smallest absolute Gasteiger partial charge is 0.342 e. The highest BCUT2D eigenvalue weighted by molar-refractivity contribution is 7.12. The Hall–Kier alpha value is -3.18. The zero-order valence-electron chi connectivity index (χ0n) is 15.3. The van der Waals surface area contributed by atoms with Crippen molar-refractivity contribution in [3.63, 3.8) is 0 Å². The van der Waals surface area contributed by atoms with Gasteiger partial charge < -0.3 is 24.7 Å². The largest absolute Gasteiger partial charge is 0.493 e. The lowest BCUT2D eigenvalue weighted by Crippen LogP contribution is -2.21. The Morgan fingerprint density at radius 1 is 1.26 bits per heavy atom. The third-order valence-electron chi connectivity index (χ3n) is 4.35. The molecular weight excluding hydrogens is 368 g/mol. The van der Waals surface area contributed by atoms with Crippen LogP contribution in [-0.2, 0) is 4.74 Å². The van der Waals surface area contributed by atoms with Gasteiger partial charge in [0, 0.05) is 4.88 Å². The van der Waals surface area contributed by atoms with Gasteiger partial charge in [-0.15, -0.1) is 11.3 Å². The van der Waals surface area contributed by atoms with Crippen molar-refractivity contribution in [1.29, 1.82) is 5.26 Å². The number of fused-ring (bicyclic) bond motifs is 1. The Kier molecular flexibility index (Phi) is 4.97. The number of thiophene rings is 1. The molecule has 0 radical (unpaired) electrons. The number of aryl methyl sites for hydroxylation is 1. The molecule has 0 unspecified atom stereocenters. The first-order valence-corrected chi connectivity index (χ1v) is 8.79. The van der Waals surface area contributed by atoms with Crippen molar-refractivity contribution >= 4 is 17.3 Å². The number of esters is 1. The van der Waals surface area contributed by atoms with Gasteiger partial charge in [0.05, 0.1) is 32.1 Å². The average Bonchev–Trinajstić information content (AvgIpc) is 3.00. The lowest BCUT2D eigenvalue weighted by atomic mass is 9.88. The SMILES string of the molecule is COC(=O)c1c(C)sc2c1OC(N)=C(C#N)[C@H]2c1ccc(OC)c(OC)c1. The van der Waals surface area contributed by atoms with Gasteiger partial charge in [0.1, 0.15) is 17.2 Å². The normalized spacial score (nSPS) is 15.4. The van der Waals surface area contributed by atoms with E-state index in [1.807, 2.05) is 6.07 Å². The number of rotatable bonds is 4. The van der Waals surface area contributed by atoms with Crippen molar-refractivity contribution in [2.45, 2.75) is 12.8 Å². The molecule has 3 rings (SSSR count). The summed E-state index contributed by atoms with van der Waals surface area (Å²) in [6.45, 7) is 1.80. The summed E-state index contributed by atoms with van der Waals surface area (Å²) in [6, 6.07) is 7.51. The predicted octanol–water partition coefficient (Wildman–Crippen LogP) is 3.08. The molecule has 2 heterocycles. The molecule has 1 aromatic heterocycles. The Balaban J connectivity index is 2.24. The number of carbonyl (C=O) groups excluding carboxylic acids is 1. The zero-order chi connectivity index (χ0) is 19.7. The standard InChI is InChI=1S/C19H18N2O5S/c1-9-14(19(22)25-4)16-17(27-9)15(11(8-20)18(21)26-16)10-5-6-12(23-2)13(7-10)24-3/h5-7,15H,21H2,1-4H3/t15-/m1/s1. The van der Waals surface area contributed by atoms with Crippen LogP contribution >= 0.6 is 11.3 Å². The number of nitrogens with two attached hydrogens (primary N) is 1. The van der Waals surface area contributed by atoms with Gasteiger partial charge in [-0.1, -0.05) is 6.07 Å². The van der Waals surface area contributed by atoms with E-state index >= 15 is 0 Å². The van der Waals surface area contributed by atoms with Crippen molar-refractivity contribution in [2.24, 2.45) is 5.73 Å². The second-order valence-corrected chi connectivity index (χ2v) is 7.01. The molecule has 1 atom stereocenters. The average molecular weight is 386 g/mol. The summed E-state index contributed by atoms with van der Waals surface area (Å²) in [7, 11) is 4.39. The molecule has 2 N–H and O–H groups in total. The summed E-state index contributed by atoms with van der Waals surface area (Å²) in [4.78, 5) is 13.6. The van der Waals surface area contributed by atoms with Gasteiger partial charge in [0.2, 0.25) is 5.88 Å². The second kappa shape index (κ2) is 7.21. The van der Waals surface area contributed by atoms with Gasteiger partial charge >= 0.3 is 5.97 Å². The van der Waals surface area contributed by atoms with Gasteiger partial charge in [0.25, 0.3) is 0 Å². The molecule has 0 fully saturated rings. The second-order valence-electron chi connectivity index (χ2n) is 5.76. The molecule has 1 aromatic carbocycles. The van der Waals surface area contributed by atoms with Crippen LogP contribution < -0.4 is 19.9 Å². The van der Waals surface area contributed by atoms with Gasteiger partial charge in [0.15, 0.2) is 17.2 Å². The monoisotopic (exact) mass is 386 g/mol. The number of allylic oxidation sites excluding steroid dienone is 1. The van der Waals surface area contributed by atoms with E-state index in [1.165, 1.54) is 25.6 Å². The van der Waals surface area contributed by atoms with Gasteiger partial charge in [-0.2, -0.15) is 5.26 Å². The number of hydrogen-bond donors (Lipinski definition) is 1. The first kappa shape index (κ1) is 18.6. The molecule has 0 aliphatic carbocycles. The first-order valence-electron chi connectivity index (χ1n) is 7.97. The Labute approximate surface area is 160 Å². The van der Waals surface area contributed by atoms with Crippen LogP contribution in [0.25, 0.3) is 0 Å². The maximum atomic E-state index is 12.2. The fourth-order valence-corrected chi connectivity index (χ4v) is 4.30. The van der Waals surface area contributed by atoms with Crippen LogP contribution in [0.2, 0.25) is 0 Å². The molecule has 2 aromatic rings. The van der Waals surface area contributed by atoms with E-state index in [0.29, 0.717) is 27.7 Å². The Bertz CT molecular complexity index is 987. The van der Waals surface area contributed by atoms with Crippen LogP contribution in [0.15, 0.2) is 29.7 Å². The minimum Gasteiger partial charge on any atom is -0.493 e. The summed E-state index contributed by atoms with van der Waals surface area (Å²) < 4.78 is 21.2. The predicted molar refractivity (Wildman–Crippen MR) is 99.2 cm³/mol. The molecule has 1 aliphatic rings. The van der Waals surface area contributed by atoms with Gasteiger partial charge in [-0.3, -0.25) is 0 Å². The van der Waals surface area contributed by atoms with E-state index in [2.05, 4.69) is 6.07 Å². The molecule has 0 spiro atoms. The van der Waals surface area contributed by atoms with Crippen molar-refractivity contribution in [1.82, 2.24) is 0 Å². The zero-order valence-corrected chi connectivity index (χ0v) is 16.1. The van der Waals surface area contributed by atoms with Crippen LogP contribution in [-0.4, -0.2) is 27.3 Å². The Morgan fingerprint density at radius 2 is 1.96 bits per heavy atom. The number of hydrogen-bond acceptors (Lipinski definition) is 8. The topological polar surface area (TPSA) is 104 Å². The van der Waals surface area contributed by atoms with Crippen LogP contribution in [0.3, 0.4) is 0 Å². The molecular formula is C19H18N2O5S. The summed E-state index contributed by atoms with van der Waals surface area (Å²) in [6.07, 6.45) is 0. The fourth-order valence-electron chi connectivity index (χ4n) is 3.08. The minimum atomic E-state index is -0.510. The molecule has 1 aliphatic heterocycles. The molecule has 0 bridgehead atoms. The summed E-state index contributed by atoms with van der Waals surface area (Å²) in [5.74, 6) is 0.403. The van der Waals surface area contributed by atoms with Crippen LogP contribution in [0.4, 0.5) is 0 Å². The summed E-state index contributed by atoms with van der Waals surface area (Å²) >= 11 is 1.37. The fraction of sp³-hybridized carbons (Fsp3) is 0.263. The maximum Gasteiger partial charge on any atom is 0.342 e. The number of carbonyl (C=O) groups is 1. The van der Waals surface area contributed by atoms with Crippen molar-refractivity contribution < 1.29 is 23.7 Å². The molecule has 0 saturated carbocycles. The van der Waals surface area contributed by atoms with Gasteiger partial charge in [-0.25, -0.2) is 4.79 Å². The maximum absolute atomic E-state index is 12.2. The highest BCUT2D eigenvalue weighted by atomic mass is 32.1. The molecule has 0 amide bonds. The van der Waals surface area contributed by atoms with E-state index < -0.39 is 11.9 Å². The molecule has 140 valence electrons. The minimum absolute atomic E-state index is 0.0345. The van der Waals surface area contributed by atoms with Crippen LogP contribution in [0.1, 0.15) is 31.6 Å². The molecule has 7 nitrogen and oxygen atoms in total. The van der Waals surface area contributed by atoms with Crippen molar-refractivity contribution in [3.8, 4) is 23.3 Å². The highest BCUT2D eigenvalue weighted by Crippen LogP contribution is 2.50. The molecule has 8 heteroatoms. The van der Waals surface area contributed by atoms with E-state index in [4.69, 9.17) is 24.7 Å². The first-order chi connectivity index (χ1) is 13.0. The van der Waals surface area contributed by atoms with Crippen LogP contribution in [0, 0.1) is 18.3 Å². The van der Waals surface area contributed by atoms with E-state index in [1.54, 1.807) is 26.2 Å².